The van der Waals surface area contributed by atoms with Gasteiger partial charge in [-0.15, -0.1) is 0 Å². The summed E-state index contributed by atoms with van der Waals surface area (Å²) in [5.74, 6) is 5.34. The third-order valence-corrected chi connectivity index (χ3v) is 14.3. The van der Waals surface area contributed by atoms with Crippen LogP contribution in [-0.4, -0.2) is 18.7 Å². The fourth-order valence-corrected chi connectivity index (χ4v) is 11.3. The lowest BCUT2D eigenvalue weighted by atomic mass is 9.44. The standard InChI is InChI=1S/C42H75NO2/c1-6-8-9-10-11-12-13-14-15-16-17-18-19-20-21-22-31-43-40(44)45-35-27-29-41(4)34(32-35)23-24-36-38-26-25-37(33(3)7-2)42(38,5)30-28-39(36)41/h14-15,33-39H,6-13,16-32H2,1-5H3,(H,43,44)/t33-,34?,35-,36?,37-,38?,39?,41+,42-/m1/s1. The maximum absolute atomic E-state index is 12.7. The van der Waals surface area contributed by atoms with Gasteiger partial charge in [-0.1, -0.05) is 111 Å². The van der Waals surface area contributed by atoms with Crippen molar-refractivity contribution in [2.45, 2.75) is 195 Å². The zero-order valence-electron chi connectivity index (χ0n) is 30.7. The third kappa shape index (κ3) is 9.78. The first kappa shape index (κ1) is 36.8. The Kier molecular flexibility index (Phi) is 15.2. The number of hydrogen-bond donors (Lipinski definition) is 1. The van der Waals surface area contributed by atoms with E-state index < -0.39 is 0 Å². The van der Waals surface area contributed by atoms with Gasteiger partial charge in [-0.2, -0.15) is 0 Å². The van der Waals surface area contributed by atoms with Gasteiger partial charge in [-0.25, -0.2) is 4.79 Å². The molecule has 3 nitrogen and oxygen atoms in total. The summed E-state index contributed by atoms with van der Waals surface area (Å²) in [6, 6.07) is 0. The molecule has 9 atom stereocenters. The van der Waals surface area contributed by atoms with Crippen LogP contribution in [0, 0.1) is 46.3 Å². The molecular formula is C42H75NO2. The summed E-state index contributed by atoms with van der Waals surface area (Å²) in [5.41, 5.74) is 1.04. The molecule has 4 fully saturated rings. The van der Waals surface area contributed by atoms with Gasteiger partial charge in [-0.3, -0.25) is 0 Å². The van der Waals surface area contributed by atoms with Crippen molar-refractivity contribution in [2.75, 3.05) is 6.54 Å². The predicted octanol–water partition coefficient (Wildman–Crippen LogP) is 12.8. The second-order valence-electron chi connectivity index (χ2n) is 16.9. The van der Waals surface area contributed by atoms with E-state index in [2.05, 4.69) is 52.1 Å². The summed E-state index contributed by atoms with van der Waals surface area (Å²) < 4.78 is 6.03. The van der Waals surface area contributed by atoms with E-state index in [1.807, 2.05) is 0 Å². The van der Waals surface area contributed by atoms with Crippen LogP contribution in [0.25, 0.3) is 0 Å². The van der Waals surface area contributed by atoms with Crippen molar-refractivity contribution in [2.24, 2.45) is 46.3 Å². The number of hydrogen-bond acceptors (Lipinski definition) is 2. The van der Waals surface area contributed by atoms with Crippen molar-refractivity contribution in [3.63, 3.8) is 0 Å². The average Bonchev–Trinajstić information content (AvgIpc) is 3.39. The lowest BCUT2D eigenvalue weighted by molar-refractivity contribution is -0.129. The van der Waals surface area contributed by atoms with Gasteiger partial charge in [0, 0.05) is 6.54 Å². The molecule has 4 aliphatic carbocycles. The SMILES string of the molecule is CCCCCCCCC=CCCCCCCCCNC(=O)O[C@@H]1CC[C@@]2(C)C(CCC3C2CC[C@@]2(C)C3CC[C@@H]2[C@H](C)CC)C1. The van der Waals surface area contributed by atoms with Gasteiger partial charge >= 0.3 is 6.09 Å². The zero-order valence-corrected chi connectivity index (χ0v) is 30.7. The van der Waals surface area contributed by atoms with Crippen LogP contribution < -0.4 is 5.32 Å². The summed E-state index contributed by atoms with van der Waals surface area (Å²) in [4.78, 5) is 12.7. The first-order valence-corrected chi connectivity index (χ1v) is 20.4. The maximum atomic E-state index is 12.7. The van der Waals surface area contributed by atoms with E-state index in [4.69, 9.17) is 4.74 Å². The fraction of sp³-hybridized carbons (Fsp3) is 0.929. The van der Waals surface area contributed by atoms with Crippen molar-refractivity contribution >= 4 is 6.09 Å². The Hall–Kier alpha value is -0.990. The van der Waals surface area contributed by atoms with Gasteiger partial charge in [-0.05, 0) is 136 Å². The number of allylic oxidation sites excluding steroid dienone is 2. The number of alkyl carbamates (subject to hydrolysis) is 1. The normalized spacial score (nSPS) is 35.0. The molecule has 0 bridgehead atoms. The second kappa shape index (κ2) is 18.5. The van der Waals surface area contributed by atoms with Gasteiger partial charge in [0.15, 0.2) is 0 Å². The van der Waals surface area contributed by atoms with Crippen LogP contribution in [0.15, 0.2) is 12.2 Å². The lowest BCUT2D eigenvalue weighted by Gasteiger charge is -2.61. The molecule has 1 N–H and O–H groups in total. The quantitative estimate of drug-likeness (QED) is 0.115. The van der Waals surface area contributed by atoms with Crippen molar-refractivity contribution in [3.05, 3.63) is 12.2 Å². The van der Waals surface area contributed by atoms with Crippen LogP contribution in [-0.2, 0) is 4.74 Å². The Morgan fingerprint density at radius 1 is 0.756 bits per heavy atom. The Labute approximate surface area is 280 Å². The van der Waals surface area contributed by atoms with Crippen molar-refractivity contribution in [1.29, 1.82) is 0 Å². The van der Waals surface area contributed by atoms with E-state index in [0.29, 0.717) is 10.8 Å². The molecule has 45 heavy (non-hydrogen) atoms. The molecule has 0 aromatic carbocycles. The summed E-state index contributed by atoms with van der Waals surface area (Å²) in [6.07, 6.45) is 36.5. The Morgan fingerprint density at radius 2 is 1.38 bits per heavy atom. The number of carbonyl (C=O) groups is 1. The van der Waals surface area contributed by atoms with Gasteiger partial charge < -0.3 is 10.1 Å². The first-order valence-electron chi connectivity index (χ1n) is 20.4. The number of rotatable bonds is 19. The molecule has 260 valence electrons. The van der Waals surface area contributed by atoms with Crippen LogP contribution in [0.5, 0.6) is 0 Å². The van der Waals surface area contributed by atoms with Gasteiger partial charge in [0.05, 0.1) is 0 Å². The van der Waals surface area contributed by atoms with E-state index in [1.165, 1.54) is 135 Å². The molecule has 3 heteroatoms. The van der Waals surface area contributed by atoms with Gasteiger partial charge in [0.25, 0.3) is 0 Å². The first-order chi connectivity index (χ1) is 21.8. The average molecular weight is 626 g/mol. The molecular weight excluding hydrogens is 550 g/mol. The van der Waals surface area contributed by atoms with E-state index in [-0.39, 0.29) is 12.2 Å². The molecule has 0 aromatic heterocycles. The molecule has 4 rings (SSSR count). The molecule has 0 heterocycles. The van der Waals surface area contributed by atoms with Gasteiger partial charge in [0.1, 0.15) is 6.10 Å². The minimum absolute atomic E-state index is 0.120. The van der Waals surface area contributed by atoms with Crippen LogP contribution >= 0.6 is 0 Å². The zero-order chi connectivity index (χ0) is 32.1. The molecule has 0 radical (unpaired) electrons. The highest BCUT2D eigenvalue weighted by molar-refractivity contribution is 5.67. The molecule has 4 aliphatic rings. The Balaban J connectivity index is 1.04. The van der Waals surface area contributed by atoms with Gasteiger partial charge in [0.2, 0.25) is 0 Å². The Morgan fingerprint density at radius 3 is 2.07 bits per heavy atom. The molecule has 1 amide bonds. The van der Waals surface area contributed by atoms with Crippen LogP contribution in [0.3, 0.4) is 0 Å². The topological polar surface area (TPSA) is 38.3 Å². The molecule has 0 spiro atoms. The third-order valence-electron chi connectivity index (χ3n) is 14.3. The highest BCUT2D eigenvalue weighted by atomic mass is 16.6. The van der Waals surface area contributed by atoms with E-state index in [0.717, 1.165) is 61.3 Å². The van der Waals surface area contributed by atoms with Crippen LogP contribution in [0.1, 0.15) is 189 Å². The van der Waals surface area contributed by atoms with Crippen LogP contribution in [0.2, 0.25) is 0 Å². The number of nitrogens with one attached hydrogen (secondary N) is 1. The highest BCUT2D eigenvalue weighted by Gasteiger charge is 2.60. The highest BCUT2D eigenvalue weighted by Crippen LogP contribution is 2.68. The van der Waals surface area contributed by atoms with E-state index in [1.54, 1.807) is 0 Å². The number of unbranched alkanes of at least 4 members (excludes halogenated alkanes) is 12. The number of fused-ring (bicyclic) bond motifs is 5. The van der Waals surface area contributed by atoms with E-state index in [9.17, 15) is 4.79 Å². The molecule has 0 saturated heterocycles. The van der Waals surface area contributed by atoms with Crippen molar-refractivity contribution in [1.82, 2.24) is 5.32 Å². The summed E-state index contributed by atoms with van der Waals surface area (Å²) in [7, 11) is 0. The molecule has 4 unspecified atom stereocenters. The number of ether oxygens (including phenoxy) is 1. The monoisotopic (exact) mass is 626 g/mol. The maximum Gasteiger partial charge on any atom is 0.407 e. The fourth-order valence-electron chi connectivity index (χ4n) is 11.3. The minimum atomic E-state index is -0.166. The van der Waals surface area contributed by atoms with Crippen molar-refractivity contribution in [3.8, 4) is 0 Å². The smallest absolute Gasteiger partial charge is 0.407 e. The lowest BCUT2D eigenvalue weighted by Crippen LogP contribution is -2.54. The molecule has 4 saturated carbocycles. The number of carbonyl (C=O) groups excluding carboxylic acids is 1. The summed E-state index contributed by atoms with van der Waals surface area (Å²) in [5, 5.41) is 3.08. The second-order valence-corrected chi connectivity index (χ2v) is 16.9. The largest absolute Gasteiger partial charge is 0.446 e. The molecule has 0 aromatic rings. The van der Waals surface area contributed by atoms with Crippen molar-refractivity contribution < 1.29 is 9.53 Å². The minimum Gasteiger partial charge on any atom is -0.446 e. The summed E-state index contributed by atoms with van der Waals surface area (Å²) >= 11 is 0. The van der Waals surface area contributed by atoms with Crippen LogP contribution in [0.4, 0.5) is 4.79 Å². The Bertz CT molecular complexity index is 884. The predicted molar refractivity (Wildman–Crippen MR) is 192 cm³/mol. The summed E-state index contributed by atoms with van der Waals surface area (Å²) in [6.45, 7) is 13.3. The molecule has 0 aliphatic heterocycles. The van der Waals surface area contributed by atoms with E-state index >= 15 is 0 Å². The number of amides is 1.